The first-order valence-corrected chi connectivity index (χ1v) is 6.73. The van der Waals surface area contributed by atoms with Crippen LogP contribution in [0.25, 0.3) is 4.96 Å². The monoisotopic (exact) mass is 295 g/mol. The summed E-state index contributed by atoms with van der Waals surface area (Å²) in [5, 5.41) is 4.88. The molecule has 104 valence electrons. The van der Waals surface area contributed by atoms with Gasteiger partial charge in [-0.25, -0.2) is 8.78 Å². The smallest absolute Gasteiger partial charge is 0.238 e. The van der Waals surface area contributed by atoms with Crippen LogP contribution >= 0.6 is 11.3 Å². The largest absolute Gasteiger partial charge is 0.480 e. The van der Waals surface area contributed by atoms with Crippen LogP contribution in [0.3, 0.4) is 0 Å². The first kappa shape index (κ1) is 12.9. The third-order valence-corrected chi connectivity index (χ3v) is 3.60. The van der Waals surface area contributed by atoms with Gasteiger partial charge in [0.15, 0.2) is 4.96 Å². The Kier molecular flexibility index (Phi) is 3.27. The van der Waals surface area contributed by atoms with Crippen molar-refractivity contribution in [3.8, 4) is 5.88 Å². The Labute approximate surface area is 117 Å². The predicted molar refractivity (Wildman–Crippen MR) is 73.3 cm³/mol. The Morgan fingerprint density at radius 3 is 2.75 bits per heavy atom. The maximum atomic E-state index is 13.1. The van der Waals surface area contributed by atoms with Gasteiger partial charge in [-0.05, 0) is 12.1 Å². The number of benzene rings is 1. The minimum absolute atomic E-state index is 0.351. The van der Waals surface area contributed by atoms with Gasteiger partial charge >= 0.3 is 0 Å². The molecule has 0 unspecified atom stereocenters. The van der Waals surface area contributed by atoms with E-state index in [1.54, 1.807) is 0 Å². The second-order valence-electron chi connectivity index (χ2n) is 4.14. The molecule has 0 saturated carbocycles. The van der Waals surface area contributed by atoms with Crippen molar-refractivity contribution < 1.29 is 13.5 Å². The number of nitrogens with one attached hydrogen (secondary N) is 1. The number of ether oxygens (including phenoxy) is 1. The van der Waals surface area contributed by atoms with Crippen LogP contribution in [0.1, 0.15) is 5.69 Å². The van der Waals surface area contributed by atoms with E-state index in [9.17, 15) is 8.78 Å². The van der Waals surface area contributed by atoms with E-state index in [4.69, 9.17) is 4.74 Å². The number of nitrogens with zero attached hydrogens (tertiary/aromatic N) is 2. The van der Waals surface area contributed by atoms with Crippen molar-refractivity contribution in [3.05, 3.63) is 47.1 Å². The average Bonchev–Trinajstić information content (AvgIpc) is 2.95. The number of imidazole rings is 1. The molecule has 0 saturated heterocycles. The lowest BCUT2D eigenvalue weighted by molar-refractivity contribution is 0.395. The first-order valence-electron chi connectivity index (χ1n) is 5.86. The summed E-state index contributed by atoms with van der Waals surface area (Å²) in [5.74, 6) is -0.733. The topological polar surface area (TPSA) is 38.6 Å². The zero-order chi connectivity index (χ0) is 14.1. The predicted octanol–water partition coefficient (Wildman–Crippen LogP) is 3.29. The number of anilines is 1. The summed E-state index contributed by atoms with van der Waals surface area (Å²) in [4.78, 5) is 5.12. The normalized spacial score (nSPS) is 10.9. The van der Waals surface area contributed by atoms with Crippen molar-refractivity contribution in [1.29, 1.82) is 0 Å². The Balaban J connectivity index is 1.87. The molecule has 0 aliphatic carbocycles. The summed E-state index contributed by atoms with van der Waals surface area (Å²) >= 11 is 1.49. The van der Waals surface area contributed by atoms with Gasteiger partial charge in [0.05, 0.1) is 13.7 Å². The molecule has 0 spiro atoms. The van der Waals surface area contributed by atoms with Gasteiger partial charge in [0.1, 0.15) is 17.3 Å². The van der Waals surface area contributed by atoms with Crippen molar-refractivity contribution in [2.75, 3.05) is 12.4 Å². The Morgan fingerprint density at radius 1 is 1.30 bits per heavy atom. The van der Waals surface area contributed by atoms with Crippen LogP contribution < -0.4 is 10.1 Å². The molecule has 0 fully saturated rings. The van der Waals surface area contributed by atoms with Crippen molar-refractivity contribution in [3.63, 3.8) is 0 Å². The van der Waals surface area contributed by atoms with Crippen molar-refractivity contribution >= 4 is 22.0 Å². The van der Waals surface area contributed by atoms with E-state index in [-0.39, 0.29) is 0 Å². The second kappa shape index (κ2) is 5.09. The molecule has 3 rings (SSSR count). The van der Waals surface area contributed by atoms with Crippen LogP contribution in [0.15, 0.2) is 29.8 Å². The maximum absolute atomic E-state index is 13.1. The number of hydrogen-bond acceptors (Lipinski definition) is 4. The fourth-order valence-corrected chi connectivity index (χ4v) is 2.70. The molecule has 20 heavy (non-hydrogen) atoms. The number of halogens is 2. The van der Waals surface area contributed by atoms with E-state index >= 15 is 0 Å². The van der Waals surface area contributed by atoms with E-state index in [1.165, 1.54) is 30.6 Å². The molecule has 4 nitrogen and oxygen atoms in total. The summed E-state index contributed by atoms with van der Waals surface area (Å²) in [7, 11) is 1.54. The molecule has 2 heterocycles. The molecular weight excluding hydrogens is 284 g/mol. The number of thiazole rings is 1. The van der Waals surface area contributed by atoms with Crippen LogP contribution in [0, 0.1) is 11.6 Å². The Bertz CT molecular complexity index is 733. The highest BCUT2D eigenvalue weighted by atomic mass is 32.1. The van der Waals surface area contributed by atoms with Gasteiger partial charge in [0.25, 0.3) is 0 Å². The lowest BCUT2D eigenvalue weighted by Gasteiger charge is -2.07. The van der Waals surface area contributed by atoms with E-state index in [2.05, 4.69) is 10.3 Å². The number of aromatic nitrogens is 2. The van der Waals surface area contributed by atoms with Crippen molar-refractivity contribution in [2.24, 2.45) is 0 Å². The van der Waals surface area contributed by atoms with Crippen molar-refractivity contribution in [1.82, 2.24) is 9.38 Å². The first-order chi connectivity index (χ1) is 9.67. The number of methoxy groups -OCH3 is 1. The molecule has 0 amide bonds. The van der Waals surface area contributed by atoms with E-state index in [0.29, 0.717) is 18.1 Å². The minimum Gasteiger partial charge on any atom is -0.480 e. The van der Waals surface area contributed by atoms with E-state index in [1.807, 2.05) is 16.0 Å². The van der Waals surface area contributed by atoms with Gasteiger partial charge in [0, 0.05) is 23.3 Å². The summed E-state index contributed by atoms with van der Waals surface area (Å²) in [6.45, 7) is 0.351. The Hall–Kier alpha value is -2.15. The maximum Gasteiger partial charge on any atom is 0.238 e. The summed E-state index contributed by atoms with van der Waals surface area (Å²) in [6.07, 6.45) is 1.87. The third kappa shape index (κ3) is 2.32. The fraction of sp³-hybridized carbons (Fsp3) is 0.154. The molecule has 0 bridgehead atoms. The molecule has 1 aromatic carbocycles. The summed E-state index contributed by atoms with van der Waals surface area (Å²) in [6, 6.07) is 3.31. The van der Waals surface area contributed by atoms with Gasteiger partial charge in [-0.3, -0.25) is 4.40 Å². The number of hydrogen-bond donors (Lipinski definition) is 1. The standard InChI is InChI=1S/C13H11F2N3OS/c1-19-12-11(18-2-3-20-13(18)17-12)7-16-10-5-8(14)4-9(15)6-10/h2-6,16H,7H2,1H3. The molecule has 0 radical (unpaired) electrons. The highest BCUT2D eigenvalue weighted by Crippen LogP contribution is 2.24. The van der Waals surface area contributed by atoms with Crippen LogP contribution in [0.4, 0.5) is 14.5 Å². The zero-order valence-electron chi connectivity index (χ0n) is 10.6. The molecule has 3 aromatic rings. The quantitative estimate of drug-likeness (QED) is 0.802. The highest BCUT2D eigenvalue weighted by molar-refractivity contribution is 7.15. The van der Waals surface area contributed by atoms with Gasteiger partial charge in [0.2, 0.25) is 5.88 Å². The van der Waals surface area contributed by atoms with Gasteiger partial charge in [-0.2, -0.15) is 4.98 Å². The van der Waals surface area contributed by atoms with Crippen LogP contribution in [-0.4, -0.2) is 16.5 Å². The van der Waals surface area contributed by atoms with E-state index < -0.39 is 11.6 Å². The van der Waals surface area contributed by atoms with Crippen LogP contribution in [0.5, 0.6) is 5.88 Å². The highest BCUT2D eigenvalue weighted by Gasteiger charge is 2.13. The van der Waals surface area contributed by atoms with Gasteiger partial charge in [-0.15, -0.1) is 11.3 Å². The second-order valence-corrected chi connectivity index (χ2v) is 5.01. The molecular formula is C13H11F2N3OS. The lowest BCUT2D eigenvalue weighted by atomic mass is 10.3. The van der Waals surface area contributed by atoms with E-state index in [0.717, 1.165) is 16.7 Å². The Morgan fingerprint density at radius 2 is 2.05 bits per heavy atom. The number of rotatable bonds is 4. The van der Waals surface area contributed by atoms with Crippen LogP contribution in [-0.2, 0) is 6.54 Å². The van der Waals surface area contributed by atoms with Crippen LogP contribution in [0.2, 0.25) is 0 Å². The number of fused-ring (bicyclic) bond motifs is 1. The van der Waals surface area contributed by atoms with Crippen molar-refractivity contribution in [2.45, 2.75) is 6.54 Å². The molecule has 0 aliphatic rings. The SMILES string of the molecule is COc1nc2sccn2c1CNc1cc(F)cc(F)c1. The molecule has 7 heteroatoms. The minimum atomic E-state index is -0.617. The summed E-state index contributed by atoms with van der Waals surface area (Å²) < 4.78 is 33.3. The fourth-order valence-electron chi connectivity index (χ4n) is 1.98. The lowest BCUT2D eigenvalue weighted by Crippen LogP contribution is -2.04. The molecule has 0 aliphatic heterocycles. The molecule has 2 aromatic heterocycles. The third-order valence-electron chi connectivity index (χ3n) is 2.84. The average molecular weight is 295 g/mol. The summed E-state index contributed by atoms with van der Waals surface area (Å²) in [5.41, 5.74) is 1.17. The molecule has 1 N–H and O–H groups in total. The van der Waals surface area contributed by atoms with Gasteiger partial charge < -0.3 is 10.1 Å². The molecule has 0 atom stereocenters. The zero-order valence-corrected chi connectivity index (χ0v) is 11.4. The van der Waals surface area contributed by atoms with Gasteiger partial charge in [-0.1, -0.05) is 0 Å².